The van der Waals surface area contributed by atoms with Gasteiger partial charge in [0.05, 0.1) is 17.5 Å². The van der Waals surface area contributed by atoms with E-state index in [4.69, 9.17) is 0 Å². The number of rotatable bonds is 6. The molecule has 0 aliphatic rings. The Hall–Kier alpha value is -2.96. The topological polar surface area (TPSA) is 42.0 Å². The lowest BCUT2D eigenvalue weighted by molar-refractivity contribution is -0.149. The summed E-state index contributed by atoms with van der Waals surface area (Å²) >= 11 is 0. The molecule has 1 unspecified atom stereocenters. The van der Waals surface area contributed by atoms with E-state index in [-0.39, 0.29) is 23.9 Å². The second-order valence-corrected chi connectivity index (χ2v) is 7.08. The van der Waals surface area contributed by atoms with Crippen LogP contribution in [-0.2, 0) is 6.42 Å². The third-order valence-electron chi connectivity index (χ3n) is 4.90. The number of fused-ring (bicyclic) bond motifs is 1. The Bertz CT molecular complexity index is 1000. The van der Waals surface area contributed by atoms with Gasteiger partial charge in [-0.15, -0.1) is 0 Å². The average Bonchev–Trinajstić information content (AvgIpc) is 2.67. The number of hydrogen-bond acceptors (Lipinski definition) is 2. The Morgan fingerprint density at radius 1 is 1.07 bits per heavy atom. The lowest BCUT2D eigenvalue weighted by Gasteiger charge is -2.35. The van der Waals surface area contributed by atoms with E-state index < -0.39 is 29.9 Å². The van der Waals surface area contributed by atoms with Crippen LogP contribution < -0.4 is 5.32 Å². The van der Waals surface area contributed by atoms with Gasteiger partial charge in [0, 0.05) is 11.6 Å². The van der Waals surface area contributed by atoms with E-state index in [9.17, 15) is 22.4 Å². The lowest BCUT2D eigenvalue weighted by Crippen LogP contribution is -2.52. The van der Waals surface area contributed by atoms with Crippen LogP contribution in [0.4, 0.5) is 17.6 Å². The van der Waals surface area contributed by atoms with Crippen molar-refractivity contribution in [2.75, 3.05) is 0 Å². The first kappa shape index (κ1) is 20.8. The quantitative estimate of drug-likeness (QED) is 0.556. The van der Waals surface area contributed by atoms with Crippen LogP contribution in [0, 0.1) is 5.82 Å². The molecule has 3 nitrogen and oxygen atoms in total. The number of benzene rings is 2. The Labute approximate surface area is 165 Å². The number of carbonyl (C=O) groups is 1. The summed E-state index contributed by atoms with van der Waals surface area (Å²) in [5.41, 5.74) is -0.632. The van der Waals surface area contributed by atoms with Crippen LogP contribution in [-0.4, -0.2) is 22.6 Å². The van der Waals surface area contributed by atoms with Crippen molar-refractivity contribution in [3.63, 3.8) is 0 Å². The number of pyridine rings is 1. The van der Waals surface area contributed by atoms with Crippen LogP contribution in [0.25, 0.3) is 10.9 Å². The summed E-state index contributed by atoms with van der Waals surface area (Å²) in [5, 5.41) is 2.99. The fourth-order valence-electron chi connectivity index (χ4n) is 3.42. The van der Waals surface area contributed by atoms with Crippen LogP contribution in [0.2, 0.25) is 0 Å². The molecule has 2 aromatic carbocycles. The minimum atomic E-state index is -4.46. The lowest BCUT2D eigenvalue weighted by atomic mass is 9.84. The maximum atomic E-state index is 13.8. The molecule has 0 saturated carbocycles. The van der Waals surface area contributed by atoms with Gasteiger partial charge in [-0.1, -0.05) is 49.4 Å². The molecule has 0 aliphatic carbocycles. The van der Waals surface area contributed by atoms with E-state index >= 15 is 0 Å². The van der Waals surface area contributed by atoms with E-state index in [1.807, 2.05) is 0 Å². The maximum absolute atomic E-state index is 13.8. The first-order chi connectivity index (χ1) is 13.7. The number of aromatic nitrogens is 1. The molecule has 29 heavy (non-hydrogen) atoms. The van der Waals surface area contributed by atoms with Gasteiger partial charge in [-0.25, -0.2) is 4.39 Å². The molecule has 1 amide bonds. The van der Waals surface area contributed by atoms with Crippen molar-refractivity contribution in [2.24, 2.45) is 0 Å². The molecular weight excluding hydrogens is 384 g/mol. The maximum Gasteiger partial charge on any atom is 0.391 e. The number of halogens is 4. The fraction of sp³-hybridized carbons (Fsp3) is 0.273. The highest BCUT2D eigenvalue weighted by molar-refractivity contribution is 5.97. The van der Waals surface area contributed by atoms with Crippen LogP contribution in [0.3, 0.4) is 0 Å². The fourth-order valence-corrected chi connectivity index (χ4v) is 3.42. The van der Waals surface area contributed by atoms with E-state index in [0.717, 1.165) is 0 Å². The number of nitrogens with one attached hydrogen (secondary N) is 1. The highest BCUT2D eigenvalue weighted by Gasteiger charge is 2.42. The van der Waals surface area contributed by atoms with Gasteiger partial charge in [-0.2, -0.15) is 13.2 Å². The van der Waals surface area contributed by atoms with Crippen LogP contribution in [0.1, 0.15) is 35.7 Å². The van der Waals surface area contributed by atoms with Gasteiger partial charge in [0.25, 0.3) is 5.91 Å². The molecule has 0 spiro atoms. The molecule has 1 N–H and O–H groups in total. The summed E-state index contributed by atoms with van der Waals surface area (Å²) in [4.78, 5) is 16.8. The monoisotopic (exact) mass is 404 g/mol. The van der Waals surface area contributed by atoms with Gasteiger partial charge < -0.3 is 5.32 Å². The van der Waals surface area contributed by atoms with Crippen LogP contribution in [0.15, 0.2) is 60.8 Å². The third kappa shape index (κ3) is 5.10. The number of alkyl halides is 3. The SMILES string of the molecule is CCC(Cc1ccccc1)(CC(F)(F)F)NC(=O)c1cnc2c(F)cccc2c1. The highest BCUT2D eigenvalue weighted by atomic mass is 19.4. The zero-order valence-corrected chi connectivity index (χ0v) is 15.8. The molecule has 3 aromatic rings. The third-order valence-corrected chi connectivity index (χ3v) is 4.90. The molecular formula is C22H20F4N2O. The van der Waals surface area contributed by atoms with Crippen molar-refractivity contribution in [1.29, 1.82) is 0 Å². The van der Waals surface area contributed by atoms with E-state index in [1.165, 1.54) is 24.4 Å². The zero-order valence-electron chi connectivity index (χ0n) is 15.8. The molecule has 0 saturated heterocycles. The Morgan fingerprint density at radius 2 is 1.79 bits per heavy atom. The summed E-state index contributed by atoms with van der Waals surface area (Å²) in [7, 11) is 0. The van der Waals surface area contributed by atoms with Crippen molar-refractivity contribution in [1.82, 2.24) is 10.3 Å². The van der Waals surface area contributed by atoms with Crippen molar-refractivity contribution in [2.45, 2.75) is 37.9 Å². The van der Waals surface area contributed by atoms with Gasteiger partial charge >= 0.3 is 6.18 Å². The summed E-state index contributed by atoms with van der Waals surface area (Å²) < 4.78 is 53.8. The van der Waals surface area contributed by atoms with E-state index in [2.05, 4.69) is 10.3 Å². The van der Waals surface area contributed by atoms with Crippen molar-refractivity contribution in [3.05, 3.63) is 77.7 Å². The molecule has 152 valence electrons. The minimum absolute atomic E-state index is 0.0330. The first-order valence-electron chi connectivity index (χ1n) is 9.19. The van der Waals surface area contributed by atoms with Crippen LogP contribution in [0.5, 0.6) is 0 Å². The Balaban J connectivity index is 1.92. The zero-order chi connectivity index (χ0) is 21.1. The minimum Gasteiger partial charge on any atom is -0.346 e. The van der Waals surface area contributed by atoms with Crippen LogP contribution >= 0.6 is 0 Å². The summed E-state index contributed by atoms with van der Waals surface area (Å²) in [5.74, 6) is -1.20. The first-order valence-corrected chi connectivity index (χ1v) is 9.19. The van der Waals surface area contributed by atoms with Gasteiger partial charge in [0.15, 0.2) is 0 Å². The summed E-state index contributed by atoms with van der Waals surface area (Å²) in [6.45, 7) is 1.61. The predicted octanol–water partition coefficient (Wildman–Crippen LogP) is 5.45. The van der Waals surface area contributed by atoms with Gasteiger partial charge in [-0.05, 0) is 30.5 Å². The molecule has 1 heterocycles. The van der Waals surface area contributed by atoms with Crippen molar-refractivity contribution >= 4 is 16.8 Å². The second kappa shape index (κ2) is 8.19. The second-order valence-electron chi connectivity index (χ2n) is 7.08. The van der Waals surface area contributed by atoms with E-state index in [1.54, 1.807) is 43.3 Å². The molecule has 0 bridgehead atoms. The number of amides is 1. The summed E-state index contributed by atoms with van der Waals surface area (Å²) in [6.07, 6.45) is -4.32. The molecule has 0 radical (unpaired) electrons. The molecule has 0 aliphatic heterocycles. The highest BCUT2D eigenvalue weighted by Crippen LogP contribution is 2.33. The van der Waals surface area contributed by atoms with Gasteiger partial charge in [0.2, 0.25) is 0 Å². The largest absolute Gasteiger partial charge is 0.391 e. The van der Waals surface area contributed by atoms with Gasteiger partial charge in [0.1, 0.15) is 11.3 Å². The Morgan fingerprint density at radius 3 is 2.45 bits per heavy atom. The normalized spacial score (nSPS) is 13.8. The molecule has 0 fully saturated rings. The summed E-state index contributed by atoms with van der Waals surface area (Å²) in [6, 6.07) is 14.5. The molecule has 3 rings (SSSR count). The number of hydrogen-bond donors (Lipinski definition) is 1. The smallest absolute Gasteiger partial charge is 0.346 e. The molecule has 7 heteroatoms. The van der Waals surface area contributed by atoms with Crippen molar-refractivity contribution in [3.8, 4) is 0 Å². The number of nitrogens with zero attached hydrogens (tertiary/aromatic N) is 1. The Kier molecular flexibility index (Phi) is 5.86. The van der Waals surface area contributed by atoms with Crippen molar-refractivity contribution < 1.29 is 22.4 Å². The number of carbonyl (C=O) groups excluding carboxylic acids is 1. The standard InChI is InChI=1S/C22H20F4N2O/c1-2-21(14-22(24,25)26,12-15-7-4-3-5-8-15)28-20(29)17-11-16-9-6-10-18(23)19(16)27-13-17/h3-11,13H,2,12,14H2,1H3,(H,28,29). The van der Waals surface area contributed by atoms with E-state index in [0.29, 0.717) is 10.9 Å². The average molecular weight is 404 g/mol. The van der Waals surface area contributed by atoms with Gasteiger partial charge in [-0.3, -0.25) is 9.78 Å². The molecule has 1 aromatic heterocycles. The molecule has 1 atom stereocenters. The number of para-hydroxylation sites is 1. The predicted molar refractivity (Wildman–Crippen MR) is 103 cm³/mol.